The second-order valence-corrected chi connectivity index (χ2v) is 10.3. The summed E-state index contributed by atoms with van der Waals surface area (Å²) < 4.78 is 30.5. The Balaban J connectivity index is 1.97. The highest BCUT2D eigenvalue weighted by Gasteiger charge is 2.39. The van der Waals surface area contributed by atoms with Crippen molar-refractivity contribution >= 4 is 17.2 Å². The summed E-state index contributed by atoms with van der Waals surface area (Å²) in [5.74, 6) is -0.397. The zero-order valence-electron chi connectivity index (χ0n) is 19.4. The van der Waals surface area contributed by atoms with Crippen LogP contribution >= 0.6 is 11.6 Å². The van der Waals surface area contributed by atoms with Crippen LogP contribution in [0.15, 0.2) is 46.8 Å². The van der Waals surface area contributed by atoms with Crippen molar-refractivity contribution < 1.29 is 8.78 Å². The predicted octanol–water partition coefficient (Wildman–Crippen LogP) is 6.69. The van der Waals surface area contributed by atoms with Gasteiger partial charge >= 0.3 is 0 Å². The van der Waals surface area contributed by atoms with Crippen molar-refractivity contribution in [2.45, 2.75) is 65.1 Å². The summed E-state index contributed by atoms with van der Waals surface area (Å²) in [7, 11) is 1.93. The fourth-order valence-corrected chi connectivity index (χ4v) is 4.65. The van der Waals surface area contributed by atoms with Gasteiger partial charge in [-0.05, 0) is 76.9 Å². The average Bonchev–Trinajstić information content (AvgIpc) is 3.06. The van der Waals surface area contributed by atoms with Crippen molar-refractivity contribution in [3.05, 3.63) is 58.2 Å². The van der Waals surface area contributed by atoms with E-state index in [0.717, 1.165) is 42.5 Å². The van der Waals surface area contributed by atoms with Gasteiger partial charge in [-0.1, -0.05) is 23.8 Å². The number of rotatable bonds is 4. The molecular weight excluding hydrogens is 416 g/mol. The van der Waals surface area contributed by atoms with Crippen LogP contribution in [0.1, 0.15) is 64.8 Å². The smallest absolute Gasteiger partial charge is 0.125 e. The van der Waals surface area contributed by atoms with Crippen LogP contribution in [0.3, 0.4) is 0 Å². The minimum atomic E-state index is -1.24. The van der Waals surface area contributed by atoms with Crippen molar-refractivity contribution in [3.8, 4) is 0 Å². The van der Waals surface area contributed by atoms with E-state index in [2.05, 4.69) is 31.7 Å². The fraction of sp³-hybridized carbons (Fsp3) is 0.560. The number of hydrogen-bond donors (Lipinski definition) is 0. The van der Waals surface area contributed by atoms with E-state index in [4.69, 9.17) is 16.7 Å². The van der Waals surface area contributed by atoms with E-state index >= 15 is 0 Å². The lowest BCUT2D eigenvalue weighted by molar-refractivity contribution is 0.0762. The van der Waals surface area contributed by atoms with Gasteiger partial charge in [-0.2, -0.15) is 5.10 Å². The monoisotopic (exact) mass is 449 g/mol. The fourth-order valence-electron chi connectivity index (χ4n) is 4.58. The topological polar surface area (TPSA) is 21.1 Å². The molecule has 3 nitrogen and oxygen atoms in total. The highest BCUT2D eigenvalue weighted by Crippen LogP contribution is 2.43. The number of hydrogen-bond acceptors (Lipinski definition) is 2. The first kappa shape index (κ1) is 23.9. The number of piperidine rings is 1. The zero-order valence-corrected chi connectivity index (χ0v) is 20.2. The van der Waals surface area contributed by atoms with Crippen molar-refractivity contribution in [2.75, 3.05) is 13.1 Å². The van der Waals surface area contributed by atoms with Crippen molar-refractivity contribution in [2.24, 2.45) is 13.0 Å². The molecule has 1 aromatic heterocycles. The van der Waals surface area contributed by atoms with E-state index in [9.17, 15) is 8.78 Å². The highest BCUT2D eigenvalue weighted by atomic mass is 35.5. The number of likely N-dealkylation sites (tertiary alicyclic amines) is 1. The van der Waals surface area contributed by atoms with Crippen LogP contribution in [0, 0.1) is 5.92 Å². The molecule has 0 bridgehead atoms. The van der Waals surface area contributed by atoms with Gasteiger partial charge in [0.15, 0.2) is 0 Å². The van der Waals surface area contributed by atoms with Crippen LogP contribution in [0.25, 0.3) is 5.57 Å². The van der Waals surface area contributed by atoms with E-state index in [0.29, 0.717) is 10.6 Å². The molecule has 0 spiro atoms. The van der Waals surface area contributed by atoms with E-state index in [1.165, 1.54) is 0 Å². The quantitative estimate of drug-likeness (QED) is 0.477. The molecule has 2 aliphatic rings. The average molecular weight is 450 g/mol. The van der Waals surface area contributed by atoms with Gasteiger partial charge in [0, 0.05) is 42.4 Å². The largest absolute Gasteiger partial charge is 0.298 e. The summed E-state index contributed by atoms with van der Waals surface area (Å²) in [6, 6.07) is 2.11. The summed E-state index contributed by atoms with van der Waals surface area (Å²) in [6.07, 6.45) is 6.61. The summed E-state index contributed by atoms with van der Waals surface area (Å²) in [6.45, 7) is 12.1. The number of alkyl halides is 1. The number of allylic oxidation sites excluding steroid dienone is 7. The molecule has 6 heteroatoms. The predicted molar refractivity (Wildman–Crippen MR) is 125 cm³/mol. The summed E-state index contributed by atoms with van der Waals surface area (Å²) in [4.78, 5) is 2.40. The Kier molecular flexibility index (Phi) is 7.27. The lowest BCUT2D eigenvalue weighted by Gasteiger charge is -2.45. The van der Waals surface area contributed by atoms with Crippen LogP contribution in [-0.2, 0) is 7.05 Å². The Labute approximate surface area is 190 Å². The van der Waals surface area contributed by atoms with Crippen LogP contribution in [-0.4, -0.2) is 39.5 Å². The molecule has 0 saturated carbocycles. The Bertz CT molecular complexity index is 929. The molecule has 1 saturated heterocycles. The molecule has 3 unspecified atom stereocenters. The SMILES string of the molecule is CC(Cl)=CC=C(C)c1cc(C2CCN(C(C)(C)C)CC2C2=CCC(F)C=C2F)nn1C. The zero-order chi connectivity index (χ0) is 22.9. The Morgan fingerprint density at radius 2 is 1.94 bits per heavy atom. The number of aromatic nitrogens is 2. The molecule has 0 amide bonds. The second kappa shape index (κ2) is 9.41. The molecule has 1 aliphatic heterocycles. The summed E-state index contributed by atoms with van der Waals surface area (Å²) >= 11 is 5.97. The maximum absolute atomic E-state index is 14.9. The van der Waals surface area contributed by atoms with Gasteiger partial charge in [0.2, 0.25) is 0 Å². The standard InChI is InChI=1S/C25H34ClF2N3/c1-16(7-8-17(2)26)24-14-23(29-30(24)6)20-11-12-31(25(3,4)5)15-21(20)19-10-9-18(27)13-22(19)28/h7-8,10,13-14,18,20-21H,9,11-12,15H2,1-6H3. The molecule has 3 rings (SSSR count). The van der Waals surface area contributed by atoms with Gasteiger partial charge in [-0.25, -0.2) is 8.78 Å². The third-order valence-corrected chi connectivity index (χ3v) is 6.50. The number of aryl methyl sites for hydroxylation is 1. The highest BCUT2D eigenvalue weighted by molar-refractivity contribution is 6.29. The number of nitrogens with zero attached hydrogens (tertiary/aromatic N) is 3. The molecule has 0 aromatic carbocycles. The number of halogens is 3. The van der Waals surface area contributed by atoms with E-state index in [-0.39, 0.29) is 23.8 Å². The molecule has 31 heavy (non-hydrogen) atoms. The maximum Gasteiger partial charge on any atom is 0.125 e. The summed E-state index contributed by atoms with van der Waals surface area (Å²) in [5.41, 5.74) is 3.66. The molecule has 170 valence electrons. The second-order valence-electron chi connectivity index (χ2n) is 9.73. The maximum atomic E-state index is 14.9. The van der Waals surface area contributed by atoms with Crippen LogP contribution in [0.4, 0.5) is 8.78 Å². The van der Waals surface area contributed by atoms with Gasteiger partial charge < -0.3 is 0 Å². The first-order valence-corrected chi connectivity index (χ1v) is 11.4. The Hall–Kier alpha value is -1.72. The van der Waals surface area contributed by atoms with Gasteiger partial charge in [-0.15, -0.1) is 0 Å². The molecule has 3 atom stereocenters. The molecular formula is C25H34ClF2N3. The minimum absolute atomic E-state index is 0.0123. The van der Waals surface area contributed by atoms with Crippen LogP contribution in [0.5, 0.6) is 0 Å². The molecule has 0 N–H and O–H groups in total. The molecule has 2 heterocycles. The lowest BCUT2D eigenvalue weighted by Crippen LogP contribution is -2.49. The third kappa shape index (κ3) is 5.56. The van der Waals surface area contributed by atoms with E-state index in [1.54, 1.807) is 6.08 Å². The van der Waals surface area contributed by atoms with E-state index in [1.807, 2.05) is 37.7 Å². The summed E-state index contributed by atoms with van der Waals surface area (Å²) in [5, 5.41) is 5.53. The first-order valence-electron chi connectivity index (χ1n) is 11.0. The van der Waals surface area contributed by atoms with Gasteiger partial charge in [0.1, 0.15) is 12.0 Å². The van der Waals surface area contributed by atoms with Crippen molar-refractivity contribution in [1.82, 2.24) is 14.7 Å². The van der Waals surface area contributed by atoms with E-state index < -0.39 is 12.0 Å². The Morgan fingerprint density at radius 3 is 2.55 bits per heavy atom. The first-order chi connectivity index (χ1) is 14.5. The van der Waals surface area contributed by atoms with Gasteiger partial charge in [0.05, 0.1) is 11.4 Å². The molecule has 1 fully saturated rings. The normalized spacial score (nSPS) is 26.7. The van der Waals surface area contributed by atoms with Crippen molar-refractivity contribution in [3.63, 3.8) is 0 Å². The van der Waals surface area contributed by atoms with Crippen molar-refractivity contribution in [1.29, 1.82) is 0 Å². The van der Waals surface area contributed by atoms with Crippen LogP contribution < -0.4 is 0 Å². The molecule has 1 aromatic rings. The van der Waals surface area contributed by atoms with Crippen LogP contribution in [0.2, 0.25) is 0 Å². The molecule has 1 aliphatic carbocycles. The molecule has 0 radical (unpaired) electrons. The van der Waals surface area contributed by atoms with Gasteiger partial charge in [-0.3, -0.25) is 9.58 Å². The lowest BCUT2D eigenvalue weighted by atomic mass is 9.75. The minimum Gasteiger partial charge on any atom is -0.298 e. The van der Waals surface area contributed by atoms with Gasteiger partial charge in [0.25, 0.3) is 0 Å². The third-order valence-electron chi connectivity index (χ3n) is 6.37. The Morgan fingerprint density at radius 1 is 1.23 bits per heavy atom.